The first-order chi connectivity index (χ1) is 8.92. The summed E-state index contributed by atoms with van der Waals surface area (Å²) in [6.07, 6.45) is 0. The third-order valence-corrected chi connectivity index (χ3v) is 3.43. The number of nitrogens with one attached hydrogen (secondary N) is 2. The van der Waals surface area contributed by atoms with Crippen LogP contribution in [-0.4, -0.2) is 19.0 Å². The monoisotopic (exact) mass is 457 g/mol. The van der Waals surface area contributed by atoms with Crippen LogP contribution in [0.25, 0.3) is 0 Å². The normalized spacial score (nSPS) is 12.8. The third-order valence-electron chi connectivity index (χ3n) is 2.97. The molecule has 0 saturated carbocycles. The van der Waals surface area contributed by atoms with Crippen molar-refractivity contribution in [3.8, 4) is 0 Å². The molecule has 0 saturated heterocycles. The molecule has 2 N–H and O–H groups in total. The molecule has 1 aromatic carbocycles. The van der Waals surface area contributed by atoms with Gasteiger partial charge < -0.3 is 10.6 Å². The number of nitrogens with zero attached hydrogens (tertiary/aromatic N) is 1. The average molecular weight is 458 g/mol. The van der Waals surface area contributed by atoms with Crippen LogP contribution in [-0.2, 0) is 6.54 Å². The summed E-state index contributed by atoms with van der Waals surface area (Å²) in [5.41, 5.74) is 0.868. The van der Waals surface area contributed by atoms with E-state index in [0.717, 1.165) is 16.0 Å². The third kappa shape index (κ3) is 6.88. The average Bonchev–Trinajstić information content (AvgIpc) is 2.32. The van der Waals surface area contributed by atoms with Crippen molar-refractivity contribution >= 4 is 45.9 Å². The molecule has 0 heterocycles. The van der Waals surface area contributed by atoms with E-state index in [1.807, 2.05) is 6.07 Å². The van der Waals surface area contributed by atoms with Crippen LogP contribution < -0.4 is 10.6 Å². The van der Waals surface area contributed by atoms with E-state index in [0.29, 0.717) is 18.5 Å². The van der Waals surface area contributed by atoms with E-state index in [2.05, 4.69) is 52.3 Å². The zero-order valence-corrected chi connectivity index (χ0v) is 16.1. The summed E-state index contributed by atoms with van der Waals surface area (Å²) < 4.78 is 14.0. The van der Waals surface area contributed by atoms with Crippen molar-refractivity contribution in [2.75, 3.05) is 7.05 Å². The fourth-order valence-electron chi connectivity index (χ4n) is 1.48. The molecular formula is C14H22BrFIN3. The number of guanidine groups is 1. The Bertz CT molecular complexity index is 432. The lowest BCUT2D eigenvalue weighted by Gasteiger charge is -2.20. The molecule has 6 heteroatoms. The zero-order chi connectivity index (χ0) is 14.4. The summed E-state index contributed by atoms with van der Waals surface area (Å²) >= 11 is 3.28. The van der Waals surface area contributed by atoms with Crippen LogP contribution in [0.5, 0.6) is 0 Å². The molecule has 0 radical (unpaired) electrons. The van der Waals surface area contributed by atoms with Crippen molar-refractivity contribution < 1.29 is 4.39 Å². The number of rotatable bonds is 4. The predicted molar refractivity (Wildman–Crippen MR) is 97.1 cm³/mol. The van der Waals surface area contributed by atoms with Crippen LogP contribution in [0.3, 0.4) is 0 Å². The summed E-state index contributed by atoms with van der Waals surface area (Å²) in [5, 5.41) is 6.48. The topological polar surface area (TPSA) is 36.4 Å². The minimum Gasteiger partial charge on any atom is -0.354 e. The van der Waals surface area contributed by atoms with Gasteiger partial charge in [0.1, 0.15) is 5.82 Å². The summed E-state index contributed by atoms with van der Waals surface area (Å²) in [6.45, 7) is 6.93. The van der Waals surface area contributed by atoms with Gasteiger partial charge in [0.2, 0.25) is 0 Å². The molecule has 114 valence electrons. The molecule has 0 aromatic heterocycles. The van der Waals surface area contributed by atoms with E-state index in [1.165, 1.54) is 12.1 Å². The lowest BCUT2D eigenvalue weighted by molar-refractivity contribution is 0.481. The van der Waals surface area contributed by atoms with Gasteiger partial charge in [-0.3, -0.25) is 4.99 Å². The van der Waals surface area contributed by atoms with Crippen molar-refractivity contribution in [2.45, 2.75) is 33.4 Å². The van der Waals surface area contributed by atoms with E-state index >= 15 is 0 Å². The van der Waals surface area contributed by atoms with Gasteiger partial charge in [0.05, 0.1) is 0 Å². The molecule has 0 spiro atoms. The van der Waals surface area contributed by atoms with Gasteiger partial charge in [-0.25, -0.2) is 4.39 Å². The standard InChI is InChI=1S/C14H21BrFN3.HI/c1-9(2)10(3)19-14(17-4)18-8-11-5-12(15)7-13(16)6-11;/h5-7,9-10H,8H2,1-4H3,(H2,17,18,19);1H. The van der Waals surface area contributed by atoms with E-state index in [1.54, 1.807) is 7.05 Å². The predicted octanol–water partition coefficient (Wildman–Crippen LogP) is 3.92. The molecule has 0 fully saturated rings. The van der Waals surface area contributed by atoms with Crippen molar-refractivity contribution in [3.05, 3.63) is 34.1 Å². The summed E-state index contributed by atoms with van der Waals surface area (Å²) in [6, 6.07) is 5.16. The maximum Gasteiger partial charge on any atom is 0.191 e. The number of hydrogen-bond donors (Lipinski definition) is 2. The maximum atomic E-state index is 13.2. The first-order valence-electron chi connectivity index (χ1n) is 6.34. The second-order valence-corrected chi connectivity index (χ2v) is 5.80. The highest BCUT2D eigenvalue weighted by Gasteiger charge is 2.09. The van der Waals surface area contributed by atoms with Crippen LogP contribution in [0.1, 0.15) is 26.3 Å². The minimum atomic E-state index is -0.246. The van der Waals surface area contributed by atoms with Gasteiger partial charge >= 0.3 is 0 Å². The highest BCUT2D eigenvalue weighted by atomic mass is 127. The molecule has 0 aliphatic rings. The quantitative estimate of drug-likeness (QED) is 0.408. The number of halogens is 3. The minimum absolute atomic E-state index is 0. The van der Waals surface area contributed by atoms with Gasteiger partial charge in [0.15, 0.2) is 5.96 Å². The summed E-state index contributed by atoms with van der Waals surface area (Å²) in [4.78, 5) is 4.16. The largest absolute Gasteiger partial charge is 0.354 e. The summed E-state index contributed by atoms with van der Waals surface area (Å²) in [5.74, 6) is 0.994. The Morgan fingerprint density at radius 3 is 2.45 bits per heavy atom. The van der Waals surface area contributed by atoms with E-state index in [4.69, 9.17) is 0 Å². The van der Waals surface area contributed by atoms with Gasteiger partial charge in [-0.05, 0) is 36.6 Å². The van der Waals surface area contributed by atoms with Gasteiger partial charge in [0, 0.05) is 24.1 Å². The smallest absolute Gasteiger partial charge is 0.191 e. The van der Waals surface area contributed by atoms with Crippen LogP contribution in [0.15, 0.2) is 27.7 Å². The Morgan fingerprint density at radius 2 is 1.95 bits per heavy atom. The Hall–Kier alpha value is -0.370. The SMILES string of the molecule is CN=C(NCc1cc(F)cc(Br)c1)NC(C)C(C)C.I. The highest BCUT2D eigenvalue weighted by molar-refractivity contribution is 14.0. The number of benzene rings is 1. The Morgan fingerprint density at radius 1 is 1.30 bits per heavy atom. The highest BCUT2D eigenvalue weighted by Crippen LogP contribution is 2.14. The fraction of sp³-hybridized carbons (Fsp3) is 0.500. The van der Waals surface area contributed by atoms with E-state index in [9.17, 15) is 4.39 Å². The van der Waals surface area contributed by atoms with Crippen molar-refractivity contribution in [1.82, 2.24) is 10.6 Å². The molecule has 0 bridgehead atoms. The summed E-state index contributed by atoms with van der Waals surface area (Å²) in [7, 11) is 1.73. The van der Waals surface area contributed by atoms with Crippen LogP contribution in [0.4, 0.5) is 4.39 Å². The number of hydrogen-bond acceptors (Lipinski definition) is 1. The lowest BCUT2D eigenvalue weighted by atomic mass is 10.1. The molecule has 0 amide bonds. The molecule has 3 nitrogen and oxygen atoms in total. The molecule has 0 aliphatic heterocycles. The van der Waals surface area contributed by atoms with E-state index in [-0.39, 0.29) is 29.8 Å². The lowest BCUT2D eigenvalue weighted by Crippen LogP contribution is -2.43. The molecule has 0 aliphatic carbocycles. The molecule has 1 unspecified atom stereocenters. The zero-order valence-electron chi connectivity index (χ0n) is 12.2. The fourth-order valence-corrected chi connectivity index (χ4v) is 1.99. The molecule has 20 heavy (non-hydrogen) atoms. The second kappa shape index (κ2) is 9.55. The van der Waals surface area contributed by atoms with Gasteiger partial charge in [-0.15, -0.1) is 24.0 Å². The number of aliphatic imine (C=N–C) groups is 1. The van der Waals surface area contributed by atoms with Crippen molar-refractivity contribution in [3.63, 3.8) is 0 Å². The first-order valence-corrected chi connectivity index (χ1v) is 7.14. The van der Waals surface area contributed by atoms with Crippen LogP contribution in [0.2, 0.25) is 0 Å². The van der Waals surface area contributed by atoms with Gasteiger partial charge in [-0.2, -0.15) is 0 Å². The van der Waals surface area contributed by atoms with Crippen LogP contribution >= 0.6 is 39.9 Å². The molecule has 1 aromatic rings. The van der Waals surface area contributed by atoms with Crippen LogP contribution in [0, 0.1) is 11.7 Å². The molecular weight excluding hydrogens is 436 g/mol. The Labute approximate surface area is 146 Å². The van der Waals surface area contributed by atoms with Crippen molar-refractivity contribution in [1.29, 1.82) is 0 Å². The maximum absolute atomic E-state index is 13.2. The second-order valence-electron chi connectivity index (χ2n) is 4.88. The first kappa shape index (κ1) is 19.6. The van der Waals surface area contributed by atoms with E-state index < -0.39 is 0 Å². The molecule has 1 atom stereocenters. The molecule has 1 rings (SSSR count). The van der Waals surface area contributed by atoms with Gasteiger partial charge in [-0.1, -0.05) is 29.8 Å². The Balaban J connectivity index is 0.00000361. The Kier molecular flexibility index (Phi) is 9.37. The van der Waals surface area contributed by atoms with Gasteiger partial charge in [0.25, 0.3) is 0 Å². The van der Waals surface area contributed by atoms with Crippen molar-refractivity contribution in [2.24, 2.45) is 10.9 Å².